The molecule has 0 atom stereocenters. The molecule has 0 bridgehead atoms. The van der Waals surface area contributed by atoms with E-state index in [9.17, 15) is 5.26 Å². The van der Waals surface area contributed by atoms with Crippen LogP contribution < -0.4 is 29.6 Å². The number of hydrogen-bond acceptors (Lipinski definition) is 3. The number of fused-ring (bicyclic) bond motifs is 2. The molecule has 0 aliphatic rings. The summed E-state index contributed by atoms with van der Waals surface area (Å²) in [4.78, 5) is 9.00. The van der Waals surface area contributed by atoms with Gasteiger partial charge < -0.3 is 22.3 Å². The largest absolute Gasteiger partial charge is 1.00 e. The monoisotopic (exact) mass is 396 g/mol. The number of hydrogen-bond donors (Lipinski definition) is 1. The first-order valence-corrected chi connectivity index (χ1v) is 8.72. The summed E-state index contributed by atoms with van der Waals surface area (Å²) in [6, 6.07) is 22.4. The molecule has 1 N–H and O–H groups in total. The number of benzene rings is 3. The summed E-state index contributed by atoms with van der Waals surface area (Å²) in [5.74, 6) is -0.833. The Labute approximate surface area is 191 Å². The number of nitrogens with zero attached hydrogens (tertiary/aromatic N) is 2. The molecule has 134 valence electrons. The van der Waals surface area contributed by atoms with Gasteiger partial charge in [0.05, 0.1) is 11.6 Å². The molecule has 0 saturated carbocycles. The number of nitriles is 1. The number of carbonyl (C=O) groups is 1. The summed E-state index contributed by atoms with van der Waals surface area (Å²) in [7, 11) is 2.00. The van der Waals surface area contributed by atoms with Crippen molar-refractivity contribution < 1.29 is 39.5 Å². The van der Waals surface area contributed by atoms with E-state index in [0.717, 1.165) is 44.8 Å². The summed E-state index contributed by atoms with van der Waals surface area (Å²) in [5.41, 5.74) is 3.97. The zero-order chi connectivity index (χ0) is 19.6. The first-order valence-electron chi connectivity index (χ1n) is 8.32. The van der Waals surface area contributed by atoms with Gasteiger partial charge in [-0.2, -0.15) is 5.26 Å². The van der Waals surface area contributed by atoms with Crippen molar-refractivity contribution in [3.05, 3.63) is 66.2 Å². The van der Waals surface area contributed by atoms with Crippen molar-refractivity contribution in [1.82, 2.24) is 4.57 Å². The molecule has 4 rings (SSSR count). The van der Waals surface area contributed by atoms with Gasteiger partial charge in [-0.25, -0.2) is 0 Å². The first-order chi connectivity index (χ1) is 13.0. The molecule has 1 heterocycles. The zero-order valence-corrected chi connectivity index (χ0v) is 18.7. The van der Waals surface area contributed by atoms with E-state index >= 15 is 0 Å². The van der Waals surface area contributed by atoms with Crippen LogP contribution in [0.1, 0.15) is 12.5 Å². The molecular formula is C22H17N2NaO2S. The van der Waals surface area contributed by atoms with Gasteiger partial charge in [-0.05, 0) is 28.6 Å². The SMILES string of the molecule is CC(=O)O.Cn1c([S-])c(-c2ccc(C#N)c3ccccc23)c2ccccc21.[Na+]. The van der Waals surface area contributed by atoms with E-state index in [2.05, 4.69) is 24.3 Å². The Morgan fingerprint density at radius 2 is 1.54 bits per heavy atom. The topological polar surface area (TPSA) is 66.0 Å². The van der Waals surface area contributed by atoms with Crippen molar-refractivity contribution in [2.75, 3.05) is 0 Å². The molecule has 0 aliphatic heterocycles. The minimum absolute atomic E-state index is 0. The molecule has 0 saturated heterocycles. The molecule has 4 aromatic rings. The van der Waals surface area contributed by atoms with Crippen molar-refractivity contribution in [3.63, 3.8) is 0 Å². The molecule has 28 heavy (non-hydrogen) atoms. The number of carboxylic acids is 1. The van der Waals surface area contributed by atoms with Crippen LogP contribution in [-0.4, -0.2) is 15.6 Å². The van der Waals surface area contributed by atoms with Crippen LogP contribution in [0, 0.1) is 11.3 Å². The molecule has 4 nitrogen and oxygen atoms in total. The molecule has 6 heteroatoms. The summed E-state index contributed by atoms with van der Waals surface area (Å²) < 4.78 is 2.05. The average molecular weight is 396 g/mol. The Morgan fingerprint density at radius 3 is 2.14 bits per heavy atom. The van der Waals surface area contributed by atoms with Crippen LogP contribution in [0.25, 0.3) is 32.8 Å². The summed E-state index contributed by atoms with van der Waals surface area (Å²) in [6.45, 7) is 1.08. The van der Waals surface area contributed by atoms with Gasteiger partial charge in [0.1, 0.15) is 0 Å². The first kappa shape index (κ1) is 21.9. The van der Waals surface area contributed by atoms with Crippen molar-refractivity contribution in [2.45, 2.75) is 11.9 Å². The zero-order valence-electron chi connectivity index (χ0n) is 15.9. The van der Waals surface area contributed by atoms with Crippen LogP contribution in [-0.2, 0) is 24.5 Å². The predicted octanol–water partition coefficient (Wildman–Crippen LogP) is 1.87. The Kier molecular flexibility index (Phi) is 7.22. The number of aromatic nitrogens is 1. The number of aliphatic carboxylic acids is 1. The van der Waals surface area contributed by atoms with Gasteiger partial charge in [0.15, 0.2) is 0 Å². The van der Waals surface area contributed by atoms with Crippen LogP contribution >= 0.6 is 0 Å². The van der Waals surface area contributed by atoms with E-state index in [1.165, 1.54) is 0 Å². The molecule has 0 aliphatic carbocycles. The third kappa shape index (κ3) is 4.06. The third-order valence-corrected chi connectivity index (χ3v) is 4.85. The van der Waals surface area contributed by atoms with Crippen LogP contribution in [0.4, 0.5) is 0 Å². The van der Waals surface area contributed by atoms with Crippen LogP contribution in [0.5, 0.6) is 0 Å². The van der Waals surface area contributed by atoms with Gasteiger partial charge in [-0.3, -0.25) is 4.79 Å². The molecule has 1 aromatic heterocycles. The fourth-order valence-corrected chi connectivity index (χ4v) is 3.56. The van der Waals surface area contributed by atoms with E-state index in [1.807, 2.05) is 54.1 Å². The maximum atomic E-state index is 9.35. The van der Waals surface area contributed by atoms with Crippen molar-refractivity contribution in [2.24, 2.45) is 7.05 Å². The molecular weight excluding hydrogens is 379 g/mol. The third-order valence-electron chi connectivity index (χ3n) is 4.37. The maximum Gasteiger partial charge on any atom is 1.00 e. The summed E-state index contributed by atoms with van der Waals surface area (Å²) >= 11 is 5.70. The second kappa shape index (κ2) is 9.22. The molecule has 0 amide bonds. The van der Waals surface area contributed by atoms with Gasteiger partial charge in [0.2, 0.25) is 0 Å². The van der Waals surface area contributed by atoms with E-state index < -0.39 is 5.97 Å². The van der Waals surface area contributed by atoms with Crippen molar-refractivity contribution >= 4 is 40.3 Å². The second-order valence-electron chi connectivity index (χ2n) is 6.09. The van der Waals surface area contributed by atoms with Gasteiger partial charge in [0.25, 0.3) is 5.97 Å². The number of para-hydroxylation sites is 1. The van der Waals surface area contributed by atoms with Crippen LogP contribution in [0.3, 0.4) is 0 Å². The van der Waals surface area contributed by atoms with E-state index in [1.54, 1.807) is 0 Å². The second-order valence-corrected chi connectivity index (χ2v) is 6.48. The van der Waals surface area contributed by atoms with Gasteiger partial charge in [-0.15, -0.1) is 0 Å². The van der Waals surface area contributed by atoms with Gasteiger partial charge in [-0.1, -0.05) is 53.6 Å². The summed E-state index contributed by atoms with van der Waals surface area (Å²) in [6.07, 6.45) is 0. The molecule has 0 fully saturated rings. The summed E-state index contributed by atoms with van der Waals surface area (Å²) in [5, 5.41) is 20.8. The van der Waals surface area contributed by atoms with Gasteiger partial charge in [0, 0.05) is 30.3 Å². The van der Waals surface area contributed by atoms with Crippen LogP contribution in [0.2, 0.25) is 0 Å². The molecule has 0 spiro atoms. The average Bonchev–Trinajstić information content (AvgIpc) is 2.91. The van der Waals surface area contributed by atoms with Crippen molar-refractivity contribution in [1.29, 1.82) is 5.26 Å². The van der Waals surface area contributed by atoms with E-state index in [4.69, 9.17) is 22.5 Å². The normalized spacial score (nSPS) is 9.89. The number of carboxylic acid groups (broad SMARTS) is 1. The molecule has 0 unspecified atom stereocenters. The minimum atomic E-state index is -0.833. The Morgan fingerprint density at radius 1 is 1.00 bits per heavy atom. The fraction of sp³-hybridized carbons (Fsp3) is 0.0909. The standard InChI is InChI=1S/C20H14N2S.C2H4O2.Na/c1-22-18-9-5-4-8-17(18)19(20(22)23)16-11-10-13(12-21)14-6-2-3-7-15(14)16;1-2(3)4;/h2-11,23H,1H3;1H3,(H,3,4);/q;;+1/p-1. The minimum Gasteiger partial charge on any atom is -0.762 e. The Hall–Kier alpha value is -2.36. The van der Waals surface area contributed by atoms with E-state index in [-0.39, 0.29) is 29.6 Å². The molecule has 3 aromatic carbocycles. The van der Waals surface area contributed by atoms with Crippen molar-refractivity contribution in [3.8, 4) is 17.2 Å². The van der Waals surface area contributed by atoms with Gasteiger partial charge >= 0.3 is 29.6 Å². The maximum absolute atomic E-state index is 9.35. The quantitative estimate of drug-likeness (QED) is 0.394. The van der Waals surface area contributed by atoms with Crippen LogP contribution in [0.15, 0.2) is 65.7 Å². The molecule has 0 radical (unpaired) electrons. The Bertz CT molecular complexity index is 1200. The smallest absolute Gasteiger partial charge is 0.762 e. The fourth-order valence-electron chi connectivity index (χ4n) is 3.24. The Balaban J connectivity index is 0.000000515. The predicted molar refractivity (Wildman–Crippen MR) is 110 cm³/mol. The van der Waals surface area contributed by atoms with E-state index in [0.29, 0.717) is 5.56 Å². The number of rotatable bonds is 1. The number of aryl methyl sites for hydroxylation is 1.